The second-order valence-electron chi connectivity index (χ2n) is 7.75. The lowest BCUT2D eigenvalue weighted by molar-refractivity contribution is 1.08. The smallest absolute Gasteiger partial charge is 0.0527 e. The molecule has 1 aliphatic rings. The Kier molecular flexibility index (Phi) is 6.22. The van der Waals surface area contributed by atoms with Gasteiger partial charge >= 0.3 is 0 Å². The quantitative estimate of drug-likeness (QED) is 0.302. The fourth-order valence-corrected chi connectivity index (χ4v) is 4.92. The minimum absolute atomic E-state index is 0.909. The van der Waals surface area contributed by atoms with Crippen molar-refractivity contribution in [2.75, 3.05) is 17.2 Å². The van der Waals surface area contributed by atoms with Crippen LogP contribution in [0, 0.1) is 0 Å². The van der Waals surface area contributed by atoms with Crippen LogP contribution in [-0.4, -0.2) is 11.5 Å². The SMILES string of the molecule is C1=C(CCNc2ccc(Nc3ccncc3)c(Sc3ccccc3)c2)c2ccccc2C1. The number of hydrogen-bond acceptors (Lipinski definition) is 4. The molecule has 0 fully saturated rings. The number of allylic oxidation sites excluding steroid dienone is 1. The minimum atomic E-state index is 0.909. The summed E-state index contributed by atoms with van der Waals surface area (Å²) in [6, 6.07) is 29.7. The van der Waals surface area contributed by atoms with Gasteiger partial charge < -0.3 is 10.6 Å². The fraction of sp³-hybridized carbons (Fsp3) is 0.107. The van der Waals surface area contributed by atoms with E-state index in [1.807, 2.05) is 18.2 Å². The van der Waals surface area contributed by atoms with Crippen molar-refractivity contribution in [2.45, 2.75) is 22.6 Å². The van der Waals surface area contributed by atoms with E-state index in [2.05, 4.69) is 88.4 Å². The molecule has 1 aromatic heterocycles. The van der Waals surface area contributed by atoms with Crippen molar-refractivity contribution in [1.29, 1.82) is 0 Å². The van der Waals surface area contributed by atoms with Crippen molar-refractivity contribution >= 4 is 34.4 Å². The van der Waals surface area contributed by atoms with E-state index in [-0.39, 0.29) is 0 Å². The summed E-state index contributed by atoms with van der Waals surface area (Å²) in [7, 11) is 0. The van der Waals surface area contributed by atoms with E-state index >= 15 is 0 Å². The third kappa shape index (κ3) is 4.87. The molecule has 0 saturated carbocycles. The van der Waals surface area contributed by atoms with Gasteiger partial charge in [0.25, 0.3) is 0 Å². The van der Waals surface area contributed by atoms with Crippen LogP contribution in [0.3, 0.4) is 0 Å². The zero-order valence-corrected chi connectivity index (χ0v) is 18.6. The highest BCUT2D eigenvalue weighted by atomic mass is 32.2. The number of anilines is 3. The number of nitrogens with zero attached hydrogens (tertiary/aromatic N) is 1. The van der Waals surface area contributed by atoms with Crippen LogP contribution in [0.25, 0.3) is 5.57 Å². The molecule has 2 N–H and O–H groups in total. The monoisotopic (exact) mass is 435 g/mol. The molecule has 1 aliphatic carbocycles. The van der Waals surface area contributed by atoms with E-state index in [1.54, 1.807) is 24.2 Å². The molecule has 0 atom stereocenters. The standard InChI is InChI=1S/C28H25N3S/c1-2-7-25(8-3-1)32-28-20-24(12-13-27(28)31-23-15-17-29-18-16-23)30-19-14-22-11-10-21-6-4-5-9-26(21)22/h1-9,11-13,15-18,20,30H,10,14,19H2,(H,29,31). The zero-order valence-electron chi connectivity index (χ0n) is 17.8. The van der Waals surface area contributed by atoms with E-state index < -0.39 is 0 Å². The van der Waals surface area contributed by atoms with Crippen molar-refractivity contribution in [2.24, 2.45) is 0 Å². The first-order valence-corrected chi connectivity index (χ1v) is 11.7. The summed E-state index contributed by atoms with van der Waals surface area (Å²) in [6.45, 7) is 0.909. The van der Waals surface area contributed by atoms with Gasteiger partial charge in [0.2, 0.25) is 0 Å². The number of hydrogen-bond donors (Lipinski definition) is 2. The van der Waals surface area contributed by atoms with Gasteiger partial charge in [0.1, 0.15) is 0 Å². The molecule has 32 heavy (non-hydrogen) atoms. The summed E-state index contributed by atoms with van der Waals surface area (Å²) < 4.78 is 0. The molecule has 3 aromatic carbocycles. The van der Waals surface area contributed by atoms with Gasteiger partial charge in [-0.15, -0.1) is 0 Å². The topological polar surface area (TPSA) is 37.0 Å². The summed E-state index contributed by atoms with van der Waals surface area (Å²) in [6.07, 6.45) is 8.05. The van der Waals surface area contributed by atoms with Crippen LogP contribution in [0.4, 0.5) is 17.1 Å². The first-order chi connectivity index (χ1) is 15.8. The molecule has 0 bridgehead atoms. The van der Waals surface area contributed by atoms with Crippen molar-refractivity contribution in [3.05, 3.63) is 115 Å². The molecule has 0 radical (unpaired) electrons. The molecule has 1 heterocycles. The third-order valence-electron chi connectivity index (χ3n) is 5.57. The van der Waals surface area contributed by atoms with Crippen LogP contribution in [0.5, 0.6) is 0 Å². The molecule has 5 rings (SSSR count). The maximum atomic E-state index is 4.11. The Bertz CT molecular complexity index is 1220. The third-order valence-corrected chi connectivity index (χ3v) is 6.63. The molecule has 3 nitrogen and oxygen atoms in total. The van der Waals surface area contributed by atoms with Gasteiger partial charge in [-0.3, -0.25) is 4.98 Å². The van der Waals surface area contributed by atoms with E-state index in [4.69, 9.17) is 0 Å². The van der Waals surface area contributed by atoms with Crippen LogP contribution in [-0.2, 0) is 6.42 Å². The lowest BCUT2D eigenvalue weighted by Gasteiger charge is -2.15. The molecule has 0 saturated heterocycles. The highest BCUT2D eigenvalue weighted by molar-refractivity contribution is 7.99. The average Bonchev–Trinajstić information content (AvgIpc) is 3.25. The molecular weight excluding hydrogens is 410 g/mol. The summed E-state index contributed by atoms with van der Waals surface area (Å²) in [5.74, 6) is 0. The molecule has 4 aromatic rings. The largest absolute Gasteiger partial charge is 0.385 e. The molecule has 0 aliphatic heterocycles. The Balaban J connectivity index is 1.31. The second kappa shape index (κ2) is 9.75. The molecule has 158 valence electrons. The zero-order chi connectivity index (χ0) is 21.6. The van der Waals surface area contributed by atoms with Crippen LogP contribution >= 0.6 is 11.8 Å². The summed E-state index contributed by atoms with van der Waals surface area (Å²) in [5.41, 5.74) is 7.55. The molecule has 0 unspecified atom stereocenters. The van der Waals surface area contributed by atoms with Crippen LogP contribution < -0.4 is 10.6 Å². The van der Waals surface area contributed by atoms with Gasteiger partial charge in [-0.1, -0.05) is 60.3 Å². The first-order valence-electron chi connectivity index (χ1n) is 10.9. The average molecular weight is 436 g/mol. The second-order valence-corrected chi connectivity index (χ2v) is 8.87. The Labute approximate surface area is 193 Å². The highest BCUT2D eigenvalue weighted by Gasteiger charge is 2.13. The van der Waals surface area contributed by atoms with E-state index in [0.717, 1.165) is 36.4 Å². The van der Waals surface area contributed by atoms with Gasteiger partial charge in [-0.05, 0) is 72.0 Å². The van der Waals surface area contributed by atoms with Crippen molar-refractivity contribution in [3.8, 4) is 0 Å². The highest BCUT2D eigenvalue weighted by Crippen LogP contribution is 2.37. The van der Waals surface area contributed by atoms with E-state index in [9.17, 15) is 0 Å². The normalized spacial score (nSPS) is 12.2. The lowest BCUT2D eigenvalue weighted by atomic mass is 10.0. The van der Waals surface area contributed by atoms with Crippen LogP contribution in [0.2, 0.25) is 0 Å². The van der Waals surface area contributed by atoms with Gasteiger partial charge in [0.15, 0.2) is 0 Å². The maximum absolute atomic E-state index is 4.11. The maximum Gasteiger partial charge on any atom is 0.0527 e. The number of fused-ring (bicyclic) bond motifs is 1. The summed E-state index contributed by atoms with van der Waals surface area (Å²) >= 11 is 1.77. The molecule has 0 amide bonds. The van der Waals surface area contributed by atoms with Gasteiger partial charge in [-0.2, -0.15) is 0 Å². The number of rotatable bonds is 8. The summed E-state index contributed by atoms with van der Waals surface area (Å²) in [4.78, 5) is 6.51. The van der Waals surface area contributed by atoms with Crippen LogP contribution in [0.15, 0.2) is 113 Å². The van der Waals surface area contributed by atoms with Gasteiger partial charge in [-0.25, -0.2) is 0 Å². The Morgan fingerprint density at radius 2 is 1.62 bits per heavy atom. The number of pyridine rings is 1. The molecule has 4 heteroatoms. The summed E-state index contributed by atoms with van der Waals surface area (Å²) in [5, 5.41) is 7.16. The Hall–Kier alpha value is -3.50. The minimum Gasteiger partial charge on any atom is -0.385 e. The number of benzene rings is 3. The van der Waals surface area contributed by atoms with Gasteiger partial charge in [0, 0.05) is 40.1 Å². The Morgan fingerprint density at radius 1 is 0.812 bits per heavy atom. The van der Waals surface area contributed by atoms with Gasteiger partial charge in [0.05, 0.1) is 5.69 Å². The number of aromatic nitrogens is 1. The van der Waals surface area contributed by atoms with E-state index in [1.165, 1.54) is 26.5 Å². The lowest BCUT2D eigenvalue weighted by Crippen LogP contribution is -2.03. The fourth-order valence-electron chi connectivity index (χ4n) is 3.96. The van der Waals surface area contributed by atoms with Crippen molar-refractivity contribution in [1.82, 2.24) is 4.98 Å². The predicted octanol–water partition coefficient (Wildman–Crippen LogP) is 7.42. The number of nitrogens with one attached hydrogen (secondary N) is 2. The van der Waals surface area contributed by atoms with Crippen molar-refractivity contribution in [3.63, 3.8) is 0 Å². The first kappa shape index (κ1) is 20.4. The Morgan fingerprint density at radius 3 is 2.50 bits per heavy atom. The molecular formula is C28H25N3S. The predicted molar refractivity (Wildman–Crippen MR) is 136 cm³/mol. The van der Waals surface area contributed by atoms with Crippen LogP contribution in [0.1, 0.15) is 17.5 Å². The van der Waals surface area contributed by atoms with Crippen molar-refractivity contribution < 1.29 is 0 Å². The molecule has 0 spiro atoms. The van der Waals surface area contributed by atoms with E-state index in [0.29, 0.717) is 0 Å².